The van der Waals surface area contributed by atoms with Crippen LogP contribution in [0.3, 0.4) is 0 Å². The maximum atomic E-state index is 12.4. The number of carbonyl (C=O) groups excluding carboxylic acids is 1. The van der Waals surface area contributed by atoms with Crippen molar-refractivity contribution in [1.82, 2.24) is 15.5 Å². The van der Waals surface area contributed by atoms with Crippen molar-refractivity contribution in [2.24, 2.45) is 0 Å². The molecule has 4 heteroatoms. The van der Waals surface area contributed by atoms with Crippen molar-refractivity contribution in [3.05, 3.63) is 0 Å². The molecule has 3 heterocycles. The molecule has 0 saturated carbocycles. The molecule has 0 aliphatic carbocycles. The zero-order chi connectivity index (χ0) is 13.2. The molecule has 3 aliphatic rings. The van der Waals surface area contributed by atoms with Gasteiger partial charge in [-0.25, -0.2) is 0 Å². The highest BCUT2D eigenvalue weighted by atomic mass is 16.2. The Morgan fingerprint density at radius 3 is 2.84 bits per heavy atom. The molecule has 0 aromatic heterocycles. The van der Waals surface area contributed by atoms with Crippen LogP contribution >= 0.6 is 0 Å². The van der Waals surface area contributed by atoms with E-state index in [1.165, 1.54) is 45.2 Å². The van der Waals surface area contributed by atoms with Crippen molar-refractivity contribution < 1.29 is 4.79 Å². The van der Waals surface area contributed by atoms with Crippen molar-refractivity contribution in [1.29, 1.82) is 0 Å². The van der Waals surface area contributed by atoms with Gasteiger partial charge < -0.3 is 10.6 Å². The highest BCUT2D eigenvalue weighted by Gasteiger charge is 2.37. The number of piperidine rings is 2. The van der Waals surface area contributed by atoms with E-state index in [-0.39, 0.29) is 11.9 Å². The molecule has 0 spiro atoms. The molecule has 0 radical (unpaired) electrons. The minimum Gasteiger partial charge on any atom is -0.350 e. The molecule has 0 aromatic carbocycles. The molecular formula is C15H27N3O. The first-order valence-electron chi connectivity index (χ1n) is 8.04. The summed E-state index contributed by atoms with van der Waals surface area (Å²) in [5.74, 6) is 0.240. The molecular weight excluding hydrogens is 238 g/mol. The van der Waals surface area contributed by atoms with E-state index in [0.29, 0.717) is 18.1 Å². The lowest BCUT2D eigenvalue weighted by Crippen LogP contribution is -2.54. The lowest BCUT2D eigenvalue weighted by atomic mass is 9.96. The summed E-state index contributed by atoms with van der Waals surface area (Å²) >= 11 is 0. The van der Waals surface area contributed by atoms with Crippen LogP contribution in [0.2, 0.25) is 0 Å². The Morgan fingerprint density at radius 2 is 2.00 bits per heavy atom. The van der Waals surface area contributed by atoms with Gasteiger partial charge in [-0.15, -0.1) is 0 Å². The second-order valence-corrected chi connectivity index (χ2v) is 6.55. The first kappa shape index (κ1) is 13.4. The molecule has 4 atom stereocenters. The van der Waals surface area contributed by atoms with Crippen LogP contribution in [0.15, 0.2) is 0 Å². The summed E-state index contributed by atoms with van der Waals surface area (Å²) in [6.45, 7) is 4.58. The van der Waals surface area contributed by atoms with Gasteiger partial charge in [0.15, 0.2) is 0 Å². The van der Waals surface area contributed by atoms with E-state index >= 15 is 0 Å². The third-order valence-corrected chi connectivity index (χ3v) is 5.12. The smallest absolute Gasteiger partial charge is 0.237 e. The second kappa shape index (κ2) is 5.80. The molecule has 4 unspecified atom stereocenters. The van der Waals surface area contributed by atoms with Gasteiger partial charge in [0.05, 0.1) is 6.04 Å². The molecule has 0 aromatic rings. The zero-order valence-corrected chi connectivity index (χ0v) is 12.0. The third kappa shape index (κ3) is 2.95. The van der Waals surface area contributed by atoms with Crippen LogP contribution in [0, 0.1) is 0 Å². The maximum Gasteiger partial charge on any atom is 0.237 e. The number of nitrogens with one attached hydrogen (secondary N) is 2. The van der Waals surface area contributed by atoms with E-state index < -0.39 is 0 Å². The van der Waals surface area contributed by atoms with Gasteiger partial charge in [0.1, 0.15) is 0 Å². The summed E-state index contributed by atoms with van der Waals surface area (Å²) < 4.78 is 0. The normalized spacial score (nSPS) is 39.8. The fourth-order valence-corrected chi connectivity index (χ4v) is 4.04. The zero-order valence-electron chi connectivity index (χ0n) is 12.0. The Kier molecular flexibility index (Phi) is 4.08. The van der Waals surface area contributed by atoms with Crippen molar-refractivity contribution in [2.45, 2.75) is 76.0 Å². The fourth-order valence-electron chi connectivity index (χ4n) is 4.04. The Balaban J connectivity index is 1.54. The minimum absolute atomic E-state index is 0.0430. The molecule has 3 rings (SSSR count). The minimum atomic E-state index is 0.0430. The van der Waals surface area contributed by atoms with Crippen LogP contribution in [0.5, 0.6) is 0 Å². The standard InChI is InChI=1S/C15H27N3O/c1-11-5-4-6-13(16-11)15(19)17-12-8-10-18-9-3-2-7-14(12)18/h11-14,16H,2-10H2,1H3,(H,17,19). The van der Waals surface area contributed by atoms with Gasteiger partial charge in [0.2, 0.25) is 5.91 Å². The van der Waals surface area contributed by atoms with Gasteiger partial charge in [-0.2, -0.15) is 0 Å². The predicted molar refractivity (Wildman–Crippen MR) is 76.0 cm³/mol. The van der Waals surface area contributed by atoms with Crippen molar-refractivity contribution in [3.8, 4) is 0 Å². The van der Waals surface area contributed by atoms with Crippen LogP contribution in [-0.4, -0.2) is 48.1 Å². The number of hydrogen-bond donors (Lipinski definition) is 2. The summed E-state index contributed by atoms with van der Waals surface area (Å²) in [4.78, 5) is 15.0. The van der Waals surface area contributed by atoms with Gasteiger partial charge in [0, 0.05) is 24.7 Å². The van der Waals surface area contributed by atoms with E-state index in [1.54, 1.807) is 0 Å². The Bertz CT molecular complexity index is 333. The number of fused-ring (bicyclic) bond motifs is 1. The van der Waals surface area contributed by atoms with E-state index in [4.69, 9.17) is 0 Å². The predicted octanol–water partition coefficient (Wildman–Crippen LogP) is 1.26. The molecule has 2 N–H and O–H groups in total. The van der Waals surface area contributed by atoms with Crippen LogP contribution in [-0.2, 0) is 4.79 Å². The highest BCUT2D eigenvalue weighted by Crippen LogP contribution is 2.27. The molecule has 4 nitrogen and oxygen atoms in total. The van der Waals surface area contributed by atoms with E-state index in [0.717, 1.165) is 12.8 Å². The second-order valence-electron chi connectivity index (χ2n) is 6.55. The molecule has 3 aliphatic heterocycles. The van der Waals surface area contributed by atoms with Crippen LogP contribution < -0.4 is 10.6 Å². The first-order chi connectivity index (χ1) is 9.24. The van der Waals surface area contributed by atoms with Crippen molar-refractivity contribution in [2.75, 3.05) is 13.1 Å². The molecule has 3 fully saturated rings. The summed E-state index contributed by atoms with van der Waals surface area (Å²) in [7, 11) is 0. The van der Waals surface area contributed by atoms with Crippen molar-refractivity contribution in [3.63, 3.8) is 0 Å². The average Bonchev–Trinajstić information content (AvgIpc) is 2.82. The fraction of sp³-hybridized carbons (Fsp3) is 0.933. The van der Waals surface area contributed by atoms with Crippen LogP contribution in [0.4, 0.5) is 0 Å². The summed E-state index contributed by atoms with van der Waals surface area (Å²) in [6, 6.07) is 1.53. The first-order valence-corrected chi connectivity index (χ1v) is 8.04. The lowest BCUT2D eigenvalue weighted by molar-refractivity contribution is -0.124. The summed E-state index contributed by atoms with van der Waals surface area (Å²) in [5.41, 5.74) is 0. The number of carbonyl (C=O) groups is 1. The maximum absolute atomic E-state index is 12.4. The lowest BCUT2D eigenvalue weighted by Gasteiger charge is -2.34. The van der Waals surface area contributed by atoms with E-state index in [2.05, 4.69) is 22.5 Å². The molecule has 1 amide bonds. The third-order valence-electron chi connectivity index (χ3n) is 5.12. The highest BCUT2D eigenvalue weighted by molar-refractivity contribution is 5.82. The van der Waals surface area contributed by atoms with E-state index in [9.17, 15) is 4.79 Å². The largest absolute Gasteiger partial charge is 0.350 e. The Morgan fingerprint density at radius 1 is 1.11 bits per heavy atom. The Hall–Kier alpha value is -0.610. The topological polar surface area (TPSA) is 44.4 Å². The molecule has 108 valence electrons. The van der Waals surface area contributed by atoms with Gasteiger partial charge in [-0.1, -0.05) is 6.42 Å². The SMILES string of the molecule is CC1CCCC(C(=O)NC2CCN3CCCCC23)N1. The molecule has 19 heavy (non-hydrogen) atoms. The number of rotatable bonds is 2. The quantitative estimate of drug-likeness (QED) is 0.790. The number of nitrogens with zero attached hydrogens (tertiary/aromatic N) is 1. The number of amides is 1. The van der Waals surface area contributed by atoms with Gasteiger partial charge in [-0.05, 0) is 52.0 Å². The average molecular weight is 265 g/mol. The van der Waals surface area contributed by atoms with Gasteiger partial charge in [0.25, 0.3) is 0 Å². The van der Waals surface area contributed by atoms with Gasteiger partial charge >= 0.3 is 0 Å². The summed E-state index contributed by atoms with van der Waals surface area (Å²) in [5, 5.41) is 6.76. The van der Waals surface area contributed by atoms with Crippen molar-refractivity contribution >= 4 is 5.91 Å². The van der Waals surface area contributed by atoms with Crippen LogP contribution in [0.25, 0.3) is 0 Å². The van der Waals surface area contributed by atoms with E-state index in [1.807, 2.05) is 0 Å². The van der Waals surface area contributed by atoms with Crippen LogP contribution in [0.1, 0.15) is 51.9 Å². The summed E-state index contributed by atoms with van der Waals surface area (Å²) in [6.07, 6.45) is 8.43. The molecule has 0 bridgehead atoms. The number of hydrogen-bond acceptors (Lipinski definition) is 3. The molecule has 3 saturated heterocycles. The monoisotopic (exact) mass is 265 g/mol. The van der Waals surface area contributed by atoms with Gasteiger partial charge in [-0.3, -0.25) is 9.69 Å². The Labute approximate surface area is 116 Å².